The summed E-state index contributed by atoms with van der Waals surface area (Å²) in [6.45, 7) is 8.45. The summed E-state index contributed by atoms with van der Waals surface area (Å²) in [7, 11) is 0. The monoisotopic (exact) mass is 416 g/mol. The van der Waals surface area contributed by atoms with Crippen LogP contribution in [0.25, 0.3) is 0 Å². The fourth-order valence-corrected chi connectivity index (χ4v) is 3.44. The van der Waals surface area contributed by atoms with Crippen molar-refractivity contribution in [3.8, 4) is 0 Å². The highest BCUT2D eigenvalue weighted by Crippen LogP contribution is 2.24. The first-order valence-corrected chi connectivity index (χ1v) is 9.67. The van der Waals surface area contributed by atoms with Crippen LogP contribution in [-0.4, -0.2) is 14.9 Å². The summed E-state index contributed by atoms with van der Waals surface area (Å²) in [6.07, 6.45) is 0. The Hall–Kier alpha value is -2.44. The maximum atomic E-state index is 13.3. The minimum atomic E-state index is -0.354. The normalized spacial score (nSPS) is 10.8. The highest BCUT2D eigenvalue weighted by molar-refractivity contribution is 7.80. The molecular weight excluding hydrogens is 395 g/mol. The molecule has 0 amide bonds. The highest BCUT2D eigenvalue weighted by atomic mass is 35.5. The Labute approximate surface area is 174 Å². The summed E-state index contributed by atoms with van der Waals surface area (Å²) in [6, 6.07) is 10.4. The Morgan fingerprint density at radius 1 is 1.14 bits per heavy atom. The smallest absolute Gasteiger partial charge is 0.175 e. The Morgan fingerprint density at radius 3 is 2.61 bits per heavy atom. The molecule has 3 rings (SSSR count). The average molecular weight is 417 g/mol. The van der Waals surface area contributed by atoms with Crippen molar-refractivity contribution >= 4 is 40.3 Å². The van der Waals surface area contributed by atoms with E-state index in [1.807, 2.05) is 30.7 Å². The van der Waals surface area contributed by atoms with Gasteiger partial charge in [-0.1, -0.05) is 29.8 Å². The second-order valence-corrected chi connectivity index (χ2v) is 7.58. The van der Waals surface area contributed by atoms with Crippen LogP contribution in [0.4, 0.5) is 15.8 Å². The third kappa shape index (κ3) is 4.34. The van der Waals surface area contributed by atoms with Crippen LogP contribution >= 0.6 is 23.8 Å². The third-order valence-electron chi connectivity index (χ3n) is 4.81. The molecule has 4 nitrogen and oxygen atoms in total. The first kappa shape index (κ1) is 20.3. The highest BCUT2D eigenvalue weighted by Gasteiger charge is 2.15. The van der Waals surface area contributed by atoms with Gasteiger partial charge in [0.05, 0.1) is 23.6 Å². The van der Waals surface area contributed by atoms with E-state index in [0.29, 0.717) is 16.7 Å². The number of aryl methyl sites for hydroxylation is 2. The Morgan fingerprint density at radius 2 is 1.89 bits per heavy atom. The van der Waals surface area contributed by atoms with Crippen LogP contribution in [0.1, 0.15) is 28.1 Å². The molecule has 0 fully saturated rings. The zero-order chi connectivity index (χ0) is 20.4. The van der Waals surface area contributed by atoms with Crippen LogP contribution in [0.5, 0.6) is 0 Å². The minimum Gasteiger partial charge on any atom is -0.332 e. The van der Waals surface area contributed by atoms with E-state index in [2.05, 4.69) is 35.6 Å². The number of thiocarbonyl (C=S) groups is 1. The molecule has 0 saturated carbocycles. The number of aromatic nitrogens is 2. The molecule has 7 heteroatoms. The van der Waals surface area contributed by atoms with E-state index in [9.17, 15) is 4.39 Å². The standard InChI is InChI=1S/C21H22ClFN4S/c1-12-6-5-7-19(13(12)2)24-21(28)25-20-14(3)26-27(15(20)4)11-16-8-9-17(23)10-18(16)22/h5-10H,11H2,1-4H3,(H2,24,25,28). The van der Waals surface area contributed by atoms with E-state index < -0.39 is 0 Å². The van der Waals surface area contributed by atoms with Gasteiger partial charge in [-0.25, -0.2) is 4.39 Å². The maximum absolute atomic E-state index is 13.3. The van der Waals surface area contributed by atoms with Gasteiger partial charge < -0.3 is 10.6 Å². The lowest BCUT2D eigenvalue weighted by atomic mass is 10.1. The summed E-state index contributed by atoms with van der Waals surface area (Å²) < 4.78 is 15.1. The third-order valence-corrected chi connectivity index (χ3v) is 5.36. The van der Waals surface area contributed by atoms with E-state index in [1.165, 1.54) is 17.7 Å². The number of hydrogen-bond acceptors (Lipinski definition) is 2. The number of rotatable bonds is 4. The molecule has 0 radical (unpaired) electrons. The fourth-order valence-electron chi connectivity index (χ4n) is 3.00. The van der Waals surface area contributed by atoms with E-state index in [0.717, 1.165) is 33.9 Å². The molecular formula is C21H22ClFN4S. The van der Waals surface area contributed by atoms with Crippen LogP contribution in [0.15, 0.2) is 36.4 Å². The van der Waals surface area contributed by atoms with Crippen molar-refractivity contribution in [2.24, 2.45) is 0 Å². The van der Waals surface area contributed by atoms with E-state index in [4.69, 9.17) is 23.8 Å². The lowest BCUT2D eigenvalue weighted by Crippen LogP contribution is -2.20. The molecule has 2 N–H and O–H groups in total. The molecule has 0 spiro atoms. The van der Waals surface area contributed by atoms with Gasteiger partial charge >= 0.3 is 0 Å². The Bertz CT molecular complexity index is 1050. The second kappa shape index (κ2) is 8.29. The summed E-state index contributed by atoms with van der Waals surface area (Å²) in [5.41, 5.74) is 6.71. The molecule has 0 aliphatic heterocycles. The lowest BCUT2D eigenvalue weighted by molar-refractivity contribution is 0.622. The summed E-state index contributed by atoms with van der Waals surface area (Å²) in [5.74, 6) is -0.354. The number of anilines is 2. The lowest BCUT2D eigenvalue weighted by Gasteiger charge is -2.14. The van der Waals surface area contributed by atoms with Crippen molar-refractivity contribution < 1.29 is 4.39 Å². The number of nitrogens with one attached hydrogen (secondary N) is 2. The van der Waals surface area contributed by atoms with Crippen molar-refractivity contribution in [3.63, 3.8) is 0 Å². The van der Waals surface area contributed by atoms with Gasteiger partial charge in [0.15, 0.2) is 5.11 Å². The summed E-state index contributed by atoms with van der Waals surface area (Å²) in [5, 5.41) is 12.0. The van der Waals surface area contributed by atoms with E-state index in [1.54, 1.807) is 6.07 Å². The molecule has 0 atom stereocenters. The number of benzene rings is 2. The van der Waals surface area contributed by atoms with Crippen LogP contribution in [0.2, 0.25) is 5.02 Å². The Balaban J connectivity index is 1.78. The molecule has 146 valence electrons. The van der Waals surface area contributed by atoms with E-state index >= 15 is 0 Å². The molecule has 1 aromatic heterocycles. The average Bonchev–Trinajstić information content (AvgIpc) is 2.89. The molecule has 28 heavy (non-hydrogen) atoms. The van der Waals surface area contributed by atoms with E-state index in [-0.39, 0.29) is 5.82 Å². The van der Waals surface area contributed by atoms with Gasteiger partial charge in [0, 0.05) is 10.7 Å². The first-order valence-electron chi connectivity index (χ1n) is 8.88. The largest absolute Gasteiger partial charge is 0.332 e. The maximum Gasteiger partial charge on any atom is 0.175 e. The fraction of sp³-hybridized carbons (Fsp3) is 0.238. The van der Waals surface area contributed by atoms with Crippen LogP contribution in [-0.2, 0) is 6.54 Å². The topological polar surface area (TPSA) is 41.9 Å². The van der Waals surface area contributed by atoms with Gasteiger partial charge in [0.1, 0.15) is 5.82 Å². The number of nitrogens with zero attached hydrogens (tertiary/aromatic N) is 2. The SMILES string of the molecule is Cc1cccc(NC(=S)Nc2c(C)nn(Cc3ccc(F)cc3Cl)c2C)c1C. The van der Waals surface area contributed by atoms with Crippen molar-refractivity contribution in [1.29, 1.82) is 0 Å². The van der Waals surface area contributed by atoms with Crippen molar-refractivity contribution in [2.45, 2.75) is 34.2 Å². The number of hydrogen-bond donors (Lipinski definition) is 2. The van der Waals surface area contributed by atoms with Crippen LogP contribution in [0.3, 0.4) is 0 Å². The predicted octanol–water partition coefficient (Wildman–Crippen LogP) is 5.77. The van der Waals surface area contributed by atoms with Gasteiger partial charge in [0.25, 0.3) is 0 Å². The Kier molecular flexibility index (Phi) is 6.01. The predicted molar refractivity (Wildman–Crippen MR) is 118 cm³/mol. The molecule has 1 heterocycles. The zero-order valence-electron chi connectivity index (χ0n) is 16.2. The van der Waals surface area contributed by atoms with Gasteiger partial charge in [-0.15, -0.1) is 0 Å². The van der Waals surface area contributed by atoms with Crippen LogP contribution in [0, 0.1) is 33.5 Å². The summed E-state index contributed by atoms with van der Waals surface area (Å²) >= 11 is 11.6. The second-order valence-electron chi connectivity index (χ2n) is 6.77. The minimum absolute atomic E-state index is 0.354. The molecule has 3 aromatic rings. The van der Waals surface area contributed by atoms with Crippen LogP contribution < -0.4 is 10.6 Å². The molecule has 0 saturated heterocycles. The van der Waals surface area contributed by atoms with Gasteiger partial charge in [-0.3, -0.25) is 4.68 Å². The summed E-state index contributed by atoms with van der Waals surface area (Å²) in [4.78, 5) is 0. The molecule has 0 aliphatic carbocycles. The molecule has 0 unspecified atom stereocenters. The van der Waals surface area contributed by atoms with Gasteiger partial charge in [-0.2, -0.15) is 5.10 Å². The first-order chi connectivity index (χ1) is 13.3. The van der Waals surface area contributed by atoms with Crippen molar-refractivity contribution in [1.82, 2.24) is 9.78 Å². The number of halogens is 2. The van der Waals surface area contributed by atoms with Gasteiger partial charge in [-0.05, 0) is 74.8 Å². The molecule has 0 aliphatic rings. The zero-order valence-corrected chi connectivity index (χ0v) is 17.8. The van der Waals surface area contributed by atoms with Gasteiger partial charge in [0.2, 0.25) is 0 Å². The molecule has 2 aromatic carbocycles. The quantitative estimate of drug-likeness (QED) is 0.530. The van der Waals surface area contributed by atoms with Crippen molar-refractivity contribution in [3.05, 3.63) is 75.3 Å². The molecule has 0 bridgehead atoms. The van der Waals surface area contributed by atoms with Crippen molar-refractivity contribution in [2.75, 3.05) is 10.6 Å².